The molecule has 1 aromatic rings. The lowest BCUT2D eigenvalue weighted by Gasteiger charge is -2.39. The lowest BCUT2D eigenvalue weighted by molar-refractivity contribution is -0.135. The minimum atomic E-state index is -0.275. The third-order valence-corrected chi connectivity index (χ3v) is 3.95. The van der Waals surface area contributed by atoms with Gasteiger partial charge in [0.2, 0.25) is 5.91 Å². The Bertz CT molecular complexity index is 432. The Balaban J connectivity index is 2.04. The highest BCUT2D eigenvalue weighted by Gasteiger charge is 2.30. The van der Waals surface area contributed by atoms with Crippen molar-refractivity contribution in [1.82, 2.24) is 4.90 Å². The molecule has 0 aromatic heterocycles. The molecular formula is C15H21FN2O. The minimum Gasteiger partial charge on any atom is -0.338 e. The summed E-state index contributed by atoms with van der Waals surface area (Å²) >= 11 is 0. The van der Waals surface area contributed by atoms with Crippen LogP contribution in [0.15, 0.2) is 24.3 Å². The standard InChI is InChI=1S/C15H21FN2O/c1-11-3-2-8-18(14(11)10-17)15(19)9-12-4-6-13(16)7-5-12/h4-7,11,14H,2-3,8-10,17H2,1H3/t11-,14+/m1/s1. The van der Waals surface area contributed by atoms with Gasteiger partial charge in [-0.05, 0) is 36.5 Å². The van der Waals surface area contributed by atoms with E-state index in [1.165, 1.54) is 12.1 Å². The van der Waals surface area contributed by atoms with Crippen molar-refractivity contribution in [3.63, 3.8) is 0 Å². The number of likely N-dealkylation sites (tertiary alicyclic amines) is 1. The number of piperidine rings is 1. The van der Waals surface area contributed by atoms with E-state index in [1.807, 2.05) is 4.90 Å². The van der Waals surface area contributed by atoms with Crippen LogP contribution in [0.5, 0.6) is 0 Å². The molecule has 0 saturated carbocycles. The summed E-state index contributed by atoms with van der Waals surface area (Å²) in [6.07, 6.45) is 2.48. The normalized spacial score (nSPS) is 23.4. The van der Waals surface area contributed by atoms with E-state index in [9.17, 15) is 9.18 Å². The third kappa shape index (κ3) is 3.32. The van der Waals surface area contributed by atoms with E-state index in [0.29, 0.717) is 18.9 Å². The van der Waals surface area contributed by atoms with E-state index in [2.05, 4.69) is 6.92 Å². The monoisotopic (exact) mass is 264 g/mol. The van der Waals surface area contributed by atoms with Crippen molar-refractivity contribution in [3.8, 4) is 0 Å². The smallest absolute Gasteiger partial charge is 0.227 e. The van der Waals surface area contributed by atoms with Gasteiger partial charge in [0.1, 0.15) is 5.82 Å². The van der Waals surface area contributed by atoms with Crippen LogP contribution >= 0.6 is 0 Å². The molecule has 1 amide bonds. The summed E-state index contributed by atoms with van der Waals surface area (Å²) < 4.78 is 12.8. The van der Waals surface area contributed by atoms with Crippen molar-refractivity contribution in [2.75, 3.05) is 13.1 Å². The van der Waals surface area contributed by atoms with Crippen LogP contribution in [0.1, 0.15) is 25.3 Å². The van der Waals surface area contributed by atoms with Crippen LogP contribution in [-0.2, 0) is 11.2 Å². The molecule has 1 saturated heterocycles. The lowest BCUT2D eigenvalue weighted by Crippen LogP contribution is -2.51. The summed E-state index contributed by atoms with van der Waals surface area (Å²) in [4.78, 5) is 14.2. The van der Waals surface area contributed by atoms with E-state index < -0.39 is 0 Å². The van der Waals surface area contributed by atoms with Crippen LogP contribution in [0.4, 0.5) is 4.39 Å². The van der Waals surface area contributed by atoms with Gasteiger partial charge in [-0.2, -0.15) is 0 Å². The number of hydrogen-bond acceptors (Lipinski definition) is 2. The zero-order valence-corrected chi connectivity index (χ0v) is 11.3. The van der Waals surface area contributed by atoms with Crippen LogP contribution < -0.4 is 5.73 Å². The Morgan fingerprint density at radius 3 is 2.74 bits per heavy atom. The molecule has 19 heavy (non-hydrogen) atoms. The Kier molecular flexibility index (Phi) is 4.53. The molecular weight excluding hydrogens is 243 g/mol. The van der Waals surface area contributed by atoms with Crippen LogP contribution in [0, 0.1) is 11.7 Å². The molecule has 0 bridgehead atoms. The highest BCUT2D eigenvalue weighted by atomic mass is 19.1. The molecule has 0 spiro atoms. The SMILES string of the molecule is C[C@@H]1CCCN(C(=O)Cc2ccc(F)cc2)[C@H]1CN. The number of amides is 1. The van der Waals surface area contributed by atoms with Crippen molar-refractivity contribution in [3.05, 3.63) is 35.6 Å². The van der Waals surface area contributed by atoms with Gasteiger partial charge >= 0.3 is 0 Å². The minimum absolute atomic E-state index is 0.0913. The number of carbonyl (C=O) groups is 1. The topological polar surface area (TPSA) is 46.3 Å². The molecule has 2 rings (SSSR count). The molecule has 104 valence electrons. The molecule has 3 nitrogen and oxygen atoms in total. The van der Waals surface area contributed by atoms with Gasteiger partial charge < -0.3 is 10.6 Å². The summed E-state index contributed by atoms with van der Waals surface area (Å²) in [5, 5.41) is 0. The molecule has 1 aromatic carbocycles. The second-order valence-electron chi connectivity index (χ2n) is 5.31. The first-order chi connectivity index (χ1) is 9.11. The predicted molar refractivity (Wildman–Crippen MR) is 73.1 cm³/mol. The van der Waals surface area contributed by atoms with Gasteiger partial charge in [-0.15, -0.1) is 0 Å². The van der Waals surface area contributed by atoms with E-state index in [0.717, 1.165) is 24.9 Å². The van der Waals surface area contributed by atoms with Gasteiger partial charge in [0, 0.05) is 19.1 Å². The molecule has 1 fully saturated rings. The molecule has 1 aliphatic rings. The van der Waals surface area contributed by atoms with E-state index in [1.54, 1.807) is 12.1 Å². The molecule has 0 unspecified atom stereocenters. The highest BCUT2D eigenvalue weighted by molar-refractivity contribution is 5.79. The number of benzene rings is 1. The molecule has 0 radical (unpaired) electrons. The van der Waals surface area contributed by atoms with Crippen LogP contribution in [0.25, 0.3) is 0 Å². The zero-order chi connectivity index (χ0) is 13.8. The van der Waals surface area contributed by atoms with Gasteiger partial charge in [0.25, 0.3) is 0 Å². The van der Waals surface area contributed by atoms with E-state index >= 15 is 0 Å². The van der Waals surface area contributed by atoms with Crippen molar-refractivity contribution >= 4 is 5.91 Å². The molecule has 2 atom stereocenters. The quantitative estimate of drug-likeness (QED) is 0.907. The maximum atomic E-state index is 12.8. The average Bonchev–Trinajstić information content (AvgIpc) is 2.41. The zero-order valence-electron chi connectivity index (χ0n) is 11.3. The van der Waals surface area contributed by atoms with E-state index in [4.69, 9.17) is 5.73 Å². The lowest BCUT2D eigenvalue weighted by atomic mass is 9.90. The van der Waals surface area contributed by atoms with Crippen molar-refractivity contribution in [2.24, 2.45) is 11.7 Å². The average molecular weight is 264 g/mol. The maximum Gasteiger partial charge on any atom is 0.227 e. The fourth-order valence-corrected chi connectivity index (χ4v) is 2.80. The number of hydrogen-bond donors (Lipinski definition) is 1. The van der Waals surface area contributed by atoms with Crippen LogP contribution in [-0.4, -0.2) is 29.9 Å². The molecule has 1 heterocycles. The number of halogens is 1. The van der Waals surface area contributed by atoms with Gasteiger partial charge in [0.05, 0.1) is 6.42 Å². The number of rotatable bonds is 3. The number of carbonyl (C=O) groups excluding carboxylic acids is 1. The maximum absolute atomic E-state index is 12.8. The van der Waals surface area contributed by atoms with Gasteiger partial charge in [-0.25, -0.2) is 4.39 Å². The van der Waals surface area contributed by atoms with E-state index in [-0.39, 0.29) is 17.8 Å². The summed E-state index contributed by atoms with van der Waals surface area (Å²) in [7, 11) is 0. The molecule has 4 heteroatoms. The largest absolute Gasteiger partial charge is 0.338 e. The Morgan fingerprint density at radius 1 is 1.42 bits per heavy atom. The number of nitrogens with two attached hydrogens (primary N) is 1. The summed E-state index contributed by atoms with van der Waals surface area (Å²) in [6.45, 7) is 3.44. The fourth-order valence-electron chi connectivity index (χ4n) is 2.80. The summed E-state index contributed by atoms with van der Waals surface area (Å²) in [6, 6.07) is 6.25. The van der Waals surface area contributed by atoms with Crippen molar-refractivity contribution in [2.45, 2.75) is 32.2 Å². The second-order valence-corrected chi connectivity index (χ2v) is 5.31. The highest BCUT2D eigenvalue weighted by Crippen LogP contribution is 2.23. The molecule has 1 aliphatic heterocycles. The first-order valence-electron chi connectivity index (χ1n) is 6.86. The van der Waals surface area contributed by atoms with Crippen LogP contribution in [0.3, 0.4) is 0 Å². The van der Waals surface area contributed by atoms with Gasteiger partial charge in [0.15, 0.2) is 0 Å². The van der Waals surface area contributed by atoms with Crippen molar-refractivity contribution < 1.29 is 9.18 Å². The Morgan fingerprint density at radius 2 is 2.11 bits per heavy atom. The molecule has 0 aliphatic carbocycles. The van der Waals surface area contributed by atoms with Crippen LogP contribution in [0.2, 0.25) is 0 Å². The third-order valence-electron chi connectivity index (χ3n) is 3.95. The molecule has 2 N–H and O–H groups in total. The number of nitrogens with zero attached hydrogens (tertiary/aromatic N) is 1. The predicted octanol–water partition coefficient (Wildman–Crippen LogP) is 1.95. The second kappa shape index (κ2) is 6.15. The van der Waals surface area contributed by atoms with Crippen molar-refractivity contribution in [1.29, 1.82) is 0 Å². The Hall–Kier alpha value is -1.42. The first-order valence-corrected chi connectivity index (χ1v) is 6.86. The van der Waals surface area contributed by atoms with Gasteiger partial charge in [-0.3, -0.25) is 4.79 Å². The Labute approximate surface area is 113 Å². The van der Waals surface area contributed by atoms with Gasteiger partial charge in [-0.1, -0.05) is 19.1 Å². The summed E-state index contributed by atoms with van der Waals surface area (Å²) in [5.74, 6) is 0.271. The fraction of sp³-hybridized carbons (Fsp3) is 0.533. The summed E-state index contributed by atoms with van der Waals surface area (Å²) in [5.41, 5.74) is 6.64. The first kappa shape index (κ1) is 14.0.